The zero-order chi connectivity index (χ0) is 27.1. The fourth-order valence-corrected chi connectivity index (χ4v) is 4.27. The van der Waals surface area contributed by atoms with Crippen molar-refractivity contribution < 1.29 is 24.2 Å². The number of carbonyl (C=O) groups excluding carboxylic acids is 1. The Kier molecular flexibility index (Phi) is 9.25. The van der Waals surface area contributed by atoms with Gasteiger partial charge in [0.1, 0.15) is 11.5 Å². The lowest BCUT2D eigenvalue weighted by Crippen LogP contribution is -2.28. The summed E-state index contributed by atoms with van der Waals surface area (Å²) in [6.07, 6.45) is 3.64. The van der Waals surface area contributed by atoms with Gasteiger partial charge in [0.15, 0.2) is 0 Å². The SMILES string of the molecule is CN=Cc1cc(C)ncc1-c1cc(C(=O)N(C)c2c(C)cccc2OC)c(OCCCC(=O)O)cc1Cl. The summed E-state index contributed by atoms with van der Waals surface area (Å²) in [7, 11) is 4.89. The van der Waals surface area contributed by atoms with E-state index < -0.39 is 5.97 Å². The third kappa shape index (κ3) is 6.46. The molecule has 0 spiro atoms. The number of hydrogen-bond acceptors (Lipinski definition) is 6. The molecule has 0 bridgehead atoms. The number of para-hydroxylation sites is 1. The maximum absolute atomic E-state index is 13.9. The summed E-state index contributed by atoms with van der Waals surface area (Å²) in [6.45, 7) is 3.89. The summed E-state index contributed by atoms with van der Waals surface area (Å²) in [4.78, 5) is 34.9. The van der Waals surface area contributed by atoms with Gasteiger partial charge in [0.25, 0.3) is 5.91 Å². The van der Waals surface area contributed by atoms with Gasteiger partial charge in [-0.1, -0.05) is 23.7 Å². The number of carboxylic acid groups (broad SMARTS) is 1. The molecular formula is C28H30ClN3O5. The van der Waals surface area contributed by atoms with Gasteiger partial charge in [-0.3, -0.25) is 19.6 Å². The van der Waals surface area contributed by atoms with Crippen LogP contribution in [-0.2, 0) is 4.79 Å². The van der Waals surface area contributed by atoms with Gasteiger partial charge in [0.2, 0.25) is 0 Å². The number of nitrogens with zero attached hydrogens (tertiary/aromatic N) is 3. The summed E-state index contributed by atoms with van der Waals surface area (Å²) in [6, 6.07) is 10.7. The normalized spacial score (nSPS) is 11.0. The molecule has 3 rings (SSSR count). The Hall–Kier alpha value is -3.91. The first-order valence-electron chi connectivity index (χ1n) is 11.7. The zero-order valence-corrected chi connectivity index (χ0v) is 22.3. The van der Waals surface area contributed by atoms with Crippen LogP contribution in [0.2, 0.25) is 5.02 Å². The Balaban J connectivity index is 2.14. The molecule has 194 valence electrons. The van der Waals surface area contributed by atoms with E-state index in [-0.39, 0.29) is 36.7 Å². The Morgan fingerprint density at radius 3 is 2.59 bits per heavy atom. The Morgan fingerprint density at radius 2 is 1.92 bits per heavy atom. The number of hydrogen-bond donors (Lipinski definition) is 1. The first kappa shape index (κ1) is 27.7. The number of aromatic nitrogens is 1. The van der Waals surface area contributed by atoms with Gasteiger partial charge < -0.3 is 19.5 Å². The highest BCUT2D eigenvalue weighted by Crippen LogP contribution is 2.38. The Morgan fingerprint density at radius 1 is 1.16 bits per heavy atom. The molecule has 37 heavy (non-hydrogen) atoms. The van der Waals surface area contributed by atoms with Crippen molar-refractivity contribution in [3.8, 4) is 22.6 Å². The molecule has 9 heteroatoms. The minimum absolute atomic E-state index is 0.0514. The molecule has 8 nitrogen and oxygen atoms in total. The summed E-state index contributed by atoms with van der Waals surface area (Å²) in [5, 5.41) is 9.32. The number of halogens is 1. The number of anilines is 1. The van der Waals surface area contributed by atoms with Crippen molar-refractivity contribution in [2.45, 2.75) is 26.7 Å². The van der Waals surface area contributed by atoms with Crippen molar-refractivity contribution in [2.24, 2.45) is 4.99 Å². The highest BCUT2D eigenvalue weighted by molar-refractivity contribution is 6.34. The van der Waals surface area contributed by atoms with Gasteiger partial charge in [-0.05, 0) is 44.0 Å². The molecule has 1 heterocycles. The number of benzene rings is 2. The van der Waals surface area contributed by atoms with E-state index in [0.29, 0.717) is 27.6 Å². The topological polar surface area (TPSA) is 101 Å². The summed E-state index contributed by atoms with van der Waals surface area (Å²) in [5.41, 5.74) is 4.67. The third-order valence-corrected chi connectivity index (χ3v) is 6.10. The molecule has 0 aliphatic heterocycles. The molecule has 0 aliphatic rings. The van der Waals surface area contributed by atoms with E-state index in [9.17, 15) is 9.59 Å². The molecule has 3 aromatic rings. The standard InChI is InChI=1S/C28H30ClN3O5/c1-17-8-6-9-24(36-5)27(17)32(4)28(35)21-13-20(22-16-31-18(2)12-19(22)15-30-3)23(29)14-25(21)37-11-7-10-26(33)34/h6,8-9,12-16H,7,10-11H2,1-5H3,(H,33,34). The monoisotopic (exact) mass is 523 g/mol. The van der Waals surface area contributed by atoms with Crippen molar-refractivity contribution in [1.82, 2.24) is 4.98 Å². The van der Waals surface area contributed by atoms with Gasteiger partial charge in [0, 0.05) is 61.4 Å². The van der Waals surface area contributed by atoms with E-state index in [2.05, 4.69) is 9.98 Å². The number of aliphatic imine (C=N–C) groups is 1. The van der Waals surface area contributed by atoms with Crippen LogP contribution < -0.4 is 14.4 Å². The van der Waals surface area contributed by atoms with Crippen LogP contribution in [0.4, 0.5) is 5.69 Å². The zero-order valence-electron chi connectivity index (χ0n) is 21.5. The van der Waals surface area contributed by atoms with E-state index >= 15 is 0 Å². The molecule has 1 amide bonds. The lowest BCUT2D eigenvalue weighted by Gasteiger charge is -2.24. The van der Waals surface area contributed by atoms with Crippen LogP contribution in [0, 0.1) is 13.8 Å². The molecule has 0 atom stereocenters. The summed E-state index contributed by atoms with van der Waals surface area (Å²) >= 11 is 6.69. The number of carboxylic acids is 1. The first-order valence-corrected chi connectivity index (χ1v) is 12.0. The molecule has 1 aromatic heterocycles. The van der Waals surface area contributed by atoms with E-state index in [1.807, 2.05) is 32.0 Å². The number of amides is 1. The number of aryl methyl sites for hydroxylation is 2. The molecule has 1 N–H and O–H groups in total. The van der Waals surface area contributed by atoms with E-state index in [4.69, 9.17) is 26.2 Å². The van der Waals surface area contributed by atoms with E-state index in [1.54, 1.807) is 51.8 Å². The highest BCUT2D eigenvalue weighted by atomic mass is 35.5. The fourth-order valence-electron chi connectivity index (χ4n) is 4.01. The lowest BCUT2D eigenvalue weighted by atomic mass is 9.98. The minimum Gasteiger partial charge on any atom is -0.495 e. The Bertz CT molecular complexity index is 1340. The van der Waals surface area contributed by atoms with Gasteiger partial charge in [-0.2, -0.15) is 0 Å². The smallest absolute Gasteiger partial charge is 0.303 e. The maximum Gasteiger partial charge on any atom is 0.303 e. The van der Waals surface area contributed by atoms with Crippen LogP contribution in [0.25, 0.3) is 11.1 Å². The van der Waals surface area contributed by atoms with Crippen molar-refractivity contribution in [2.75, 3.05) is 32.7 Å². The molecule has 0 fully saturated rings. The number of rotatable bonds is 10. The van der Waals surface area contributed by atoms with Crippen molar-refractivity contribution in [3.63, 3.8) is 0 Å². The van der Waals surface area contributed by atoms with Crippen LogP contribution in [0.1, 0.15) is 40.0 Å². The molecular weight excluding hydrogens is 494 g/mol. The van der Waals surface area contributed by atoms with Gasteiger partial charge in [-0.25, -0.2) is 0 Å². The van der Waals surface area contributed by atoms with Crippen LogP contribution in [0.5, 0.6) is 11.5 Å². The van der Waals surface area contributed by atoms with Crippen LogP contribution in [-0.4, -0.2) is 56.0 Å². The Labute approximate surface area is 221 Å². The second-order valence-corrected chi connectivity index (χ2v) is 8.87. The quantitative estimate of drug-likeness (QED) is 0.274. The van der Waals surface area contributed by atoms with Crippen molar-refractivity contribution in [1.29, 1.82) is 0 Å². The fraction of sp³-hybridized carbons (Fsp3) is 0.286. The van der Waals surface area contributed by atoms with Gasteiger partial charge >= 0.3 is 5.97 Å². The first-order chi connectivity index (χ1) is 17.7. The predicted octanol–water partition coefficient (Wildman–Crippen LogP) is 5.60. The second-order valence-electron chi connectivity index (χ2n) is 8.46. The second kappa shape index (κ2) is 12.4. The van der Waals surface area contributed by atoms with Crippen molar-refractivity contribution >= 4 is 35.4 Å². The number of methoxy groups -OCH3 is 1. The average molecular weight is 524 g/mol. The molecule has 0 saturated carbocycles. The molecule has 0 saturated heterocycles. The van der Waals surface area contributed by atoms with Crippen LogP contribution in [0.15, 0.2) is 47.6 Å². The van der Waals surface area contributed by atoms with Crippen LogP contribution in [0.3, 0.4) is 0 Å². The molecule has 0 unspecified atom stereocenters. The predicted molar refractivity (Wildman–Crippen MR) is 146 cm³/mol. The maximum atomic E-state index is 13.9. The minimum atomic E-state index is -0.920. The number of carbonyl (C=O) groups is 2. The van der Waals surface area contributed by atoms with Gasteiger partial charge in [-0.15, -0.1) is 0 Å². The average Bonchev–Trinajstić information content (AvgIpc) is 2.86. The van der Waals surface area contributed by atoms with E-state index in [0.717, 1.165) is 16.8 Å². The van der Waals surface area contributed by atoms with E-state index in [1.165, 1.54) is 4.90 Å². The largest absolute Gasteiger partial charge is 0.495 e. The molecule has 0 aliphatic carbocycles. The highest BCUT2D eigenvalue weighted by Gasteiger charge is 2.25. The third-order valence-electron chi connectivity index (χ3n) is 5.78. The number of pyridine rings is 1. The van der Waals surface area contributed by atoms with Gasteiger partial charge in [0.05, 0.1) is 30.0 Å². The number of aliphatic carboxylic acids is 1. The van der Waals surface area contributed by atoms with Crippen LogP contribution >= 0.6 is 11.6 Å². The molecule has 0 radical (unpaired) electrons. The molecule has 2 aromatic carbocycles. The summed E-state index contributed by atoms with van der Waals surface area (Å²) in [5.74, 6) is -0.450. The summed E-state index contributed by atoms with van der Waals surface area (Å²) < 4.78 is 11.4. The number of ether oxygens (including phenoxy) is 2. The lowest BCUT2D eigenvalue weighted by molar-refractivity contribution is -0.137. The van der Waals surface area contributed by atoms with Crippen molar-refractivity contribution in [3.05, 3.63) is 70.0 Å².